The van der Waals surface area contributed by atoms with Gasteiger partial charge in [-0.05, 0) is 46.5 Å². The number of carbonyl (C=O) groups excluding carboxylic acids is 2. The van der Waals surface area contributed by atoms with Crippen molar-refractivity contribution in [1.82, 2.24) is 14.7 Å². The summed E-state index contributed by atoms with van der Waals surface area (Å²) in [6.45, 7) is 10.7. The minimum Gasteiger partial charge on any atom is -0.444 e. The van der Waals surface area contributed by atoms with E-state index in [0.29, 0.717) is 0 Å². The number of hydrogen-bond donors (Lipinski definition) is 0. The third-order valence-corrected chi connectivity index (χ3v) is 5.18. The molecule has 3 aliphatic heterocycles. The number of nitrogens with zero attached hydrogens (tertiary/aromatic N) is 3. The predicted molar refractivity (Wildman–Crippen MR) is 87.3 cm³/mol. The second-order valence-electron chi connectivity index (χ2n) is 8.30. The van der Waals surface area contributed by atoms with Crippen molar-refractivity contribution < 1.29 is 14.3 Å². The van der Waals surface area contributed by atoms with Crippen molar-refractivity contribution in [2.75, 3.05) is 39.3 Å². The van der Waals surface area contributed by atoms with Crippen LogP contribution in [0.25, 0.3) is 0 Å². The Labute approximate surface area is 138 Å². The molecule has 23 heavy (non-hydrogen) atoms. The molecule has 0 aromatic heterocycles. The molecular formula is C17H29N3O3. The average Bonchev–Trinajstić information content (AvgIpc) is 2.96. The lowest BCUT2D eigenvalue weighted by Crippen LogP contribution is -2.64. The van der Waals surface area contributed by atoms with Gasteiger partial charge in [0.1, 0.15) is 5.60 Å². The van der Waals surface area contributed by atoms with E-state index < -0.39 is 5.60 Å². The minimum absolute atomic E-state index is 0.211. The van der Waals surface area contributed by atoms with Crippen molar-refractivity contribution in [3.05, 3.63) is 0 Å². The summed E-state index contributed by atoms with van der Waals surface area (Å²) in [5.74, 6) is 0. The van der Waals surface area contributed by atoms with Gasteiger partial charge >= 0.3 is 12.1 Å². The molecule has 6 nitrogen and oxygen atoms in total. The van der Waals surface area contributed by atoms with Gasteiger partial charge in [0, 0.05) is 44.7 Å². The number of amides is 3. The highest BCUT2D eigenvalue weighted by molar-refractivity contribution is 5.76. The van der Waals surface area contributed by atoms with E-state index >= 15 is 0 Å². The smallest absolute Gasteiger partial charge is 0.410 e. The molecule has 0 unspecified atom stereocenters. The van der Waals surface area contributed by atoms with Crippen molar-refractivity contribution in [2.45, 2.75) is 52.1 Å². The van der Waals surface area contributed by atoms with E-state index in [1.54, 1.807) is 4.90 Å². The standard InChI is InChI=1S/C17H29N3O3/c1-16(2,3)23-15(22)19-10-6-17(7-11-19)12-20(13-17)14(21)18-8-4-5-9-18/h4-13H2,1-3H3. The summed E-state index contributed by atoms with van der Waals surface area (Å²) in [5.41, 5.74) is -0.213. The maximum atomic E-state index is 12.4. The highest BCUT2D eigenvalue weighted by atomic mass is 16.6. The average molecular weight is 323 g/mol. The molecule has 0 bridgehead atoms. The molecule has 0 atom stereocenters. The number of likely N-dealkylation sites (tertiary alicyclic amines) is 3. The minimum atomic E-state index is -0.443. The lowest BCUT2D eigenvalue weighted by Gasteiger charge is -2.54. The third kappa shape index (κ3) is 3.56. The highest BCUT2D eigenvalue weighted by Gasteiger charge is 2.48. The van der Waals surface area contributed by atoms with E-state index in [4.69, 9.17) is 4.74 Å². The Morgan fingerprint density at radius 1 is 0.870 bits per heavy atom. The number of carbonyl (C=O) groups is 2. The van der Waals surface area contributed by atoms with Crippen LogP contribution in [-0.2, 0) is 4.74 Å². The van der Waals surface area contributed by atoms with E-state index in [1.807, 2.05) is 30.6 Å². The summed E-state index contributed by atoms with van der Waals surface area (Å²) in [7, 11) is 0. The molecule has 0 radical (unpaired) electrons. The maximum Gasteiger partial charge on any atom is 0.410 e. The Bertz CT molecular complexity index is 464. The van der Waals surface area contributed by atoms with Crippen LogP contribution in [0.2, 0.25) is 0 Å². The van der Waals surface area contributed by atoms with E-state index in [-0.39, 0.29) is 17.5 Å². The van der Waals surface area contributed by atoms with Gasteiger partial charge < -0.3 is 19.4 Å². The van der Waals surface area contributed by atoms with E-state index in [9.17, 15) is 9.59 Å². The van der Waals surface area contributed by atoms with Gasteiger partial charge in [0.25, 0.3) is 0 Å². The molecule has 0 aliphatic carbocycles. The van der Waals surface area contributed by atoms with Crippen LogP contribution < -0.4 is 0 Å². The largest absolute Gasteiger partial charge is 0.444 e. The number of hydrogen-bond acceptors (Lipinski definition) is 3. The number of rotatable bonds is 0. The molecular weight excluding hydrogens is 294 g/mol. The van der Waals surface area contributed by atoms with Crippen molar-refractivity contribution >= 4 is 12.1 Å². The first-order valence-electron chi connectivity index (χ1n) is 8.80. The van der Waals surface area contributed by atoms with Crippen LogP contribution in [-0.4, -0.2) is 71.7 Å². The van der Waals surface area contributed by atoms with Gasteiger partial charge in [0.15, 0.2) is 0 Å². The first kappa shape index (κ1) is 16.4. The quantitative estimate of drug-likeness (QED) is 0.688. The van der Waals surface area contributed by atoms with E-state index in [2.05, 4.69) is 0 Å². The maximum absolute atomic E-state index is 12.4. The molecule has 3 heterocycles. The summed E-state index contributed by atoms with van der Waals surface area (Å²) < 4.78 is 5.44. The highest BCUT2D eigenvalue weighted by Crippen LogP contribution is 2.41. The zero-order chi connectivity index (χ0) is 16.7. The zero-order valence-electron chi connectivity index (χ0n) is 14.6. The Kier molecular flexibility index (Phi) is 4.19. The Morgan fingerprint density at radius 3 is 1.96 bits per heavy atom. The van der Waals surface area contributed by atoms with Gasteiger partial charge in [-0.2, -0.15) is 0 Å². The zero-order valence-corrected chi connectivity index (χ0v) is 14.6. The first-order chi connectivity index (χ1) is 10.8. The number of ether oxygens (including phenoxy) is 1. The fourth-order valence-corrected chi connectivity index (χ4v) is 3.81. The van der Waals surface area contributed by atoms with E-state index in [1.165, 1.54) is 0 Å². The summed E-state index contributed by atoms with van der Waals surface area (Å²) in [5, 5.41) is 0. The van der Waals surface area contributed by atoms with Crippen LogP contribution in [0.1, 0.15) is 46.5 Å². The van der Waals surface area contributed by atoms with Crippen molar-refractivity contribution in [2.24, 2.45) is 5.41 Å². The van der Waals surface area contributed by atoms with Crippen LogP contribution in [0.4, 0.5) is 9.59 Å². The molecule has 6 heteroatoms. The van der Waals surface area contributed by atoms with Crippen molar-refractivity contribution in [3.63, 3.8) is 0 Å². The monoisotopic (exact) mass is 323 g/mol. The van der Waals surface area contributed by atoms with Gasteiger partial charge in [-0.3, -0.25) is 0 Å². The molecule has 0 aromatic rings. The Balaban J connectivity index is 1.45. The SMILES string of the molecule is CC(C)(C)OC(=O)N1CCC2(CC1)CN(C(=O)N1CCCC1)C2. The third-order valence-electron chi connectivity index (χ3n) is 5.18. The van der Waals surface area contributed by atoms with Crippen molar-refractivity contribution in [3.8, 4) is 0 Å². The predicted octanol–water partition coefficient (Wildman–Crippen LogP) is 2.54. The molecule has 0 aromatic carbocycles. The van der Waals surface area contributed by atoms with Gasteiger partial charge in [-0.1, -0.05) is 0 Å². The lowest BCUT2D eigenvalue weighted by atomic mass is 9.72. The van der Waals surface area contributed by atoms with E-state index in [0.717, 1.165) is 65.0 Å². The lowest BCUT2D eigenvalue weighted by molar-refractivity contribution is -0.0369. The molecule has 0 N–H and O–H groups in total. The van der Waals surface area contributed by atoms with Crippen LogP contribution in [0, 0.1) is 5.41 Å². The van der Waals surface area contributed by atoms with Gasteiger partial charge in [0.05, 0.1) is 0 Å². The second-order valence-corrected chi connectivity index (χ2v) is 8.30. The fourth-order valence-electron chi connectivity index (χ4n) is 3.81. The number of urea groups is 1. The van der Waals surface area contributed by atoms with Crippen LogP contribution in [0.5, 0.6) is 0 Å². The molecule has 3 amide bonds. The fraction of sp³-hybridized carbons (Fsp3) is 0.882. The molecule has 1 spiro atoms. The summed E-state index contributed by atoms with van der Waals surface area (Å²) >= 11 is 0. The van der Waals surface area contributed by atoms with Crippen molar-refractivity contribution in [1.29, 1.82) is 0 Å². The second kappa shape index (κ2) is 5.87. The summed E-state index contributed by atoms with van der Waals surface area (Å²) in [4.78, 5) is 30.2. The molecule has 130 valence electrons. The topological polar surface area (TPSA) is 53.1 Å². The van der Waals surface area contributed by atoms with Crippen LogP contribution in [0.15, 0.2) is 0 Å². The van der Waals surface area contributed by atoms with Gasteiger partial charge in [-0.25, -0.2) is 9.59 Å². The Morgan fingerprint density at radius 2 is 1.43 bits per heavy atom. The number of piperidine rings is 1. The molecule has 3 fully saturated rings. The van der Waals surface area contributed by atoms with Gasteiger partial charge in [0.2, 0.25) is 0 Å². The normalized spacial score (nSPS) is 23.9. The Hall–Kier alpha value is -1.46. The van der Waals surface area contributed by atoms with Crippen LogP contribution >= 0.6 is 0 Å². The summed E-state index contributed by atoms with van der Waals surface area (Å²) in [6.07, 6.45) is 3.99. The van der Waals surface area contributed by atoms with Gasteiger partial charge in [-0.15, -0.1) is 0 Å². The van der Waals surface area contributed by atoms with Crippen LogP contribution in [0.3, 0.4) is 0 Å². The molecule has 3 saturated heterocycles. The molecule has 0 saturated carbocycles. The summed E-state index contributed by atoms with van der Waals surface area (Å²) in [6, 6.07) is 0.211. The molecule has 3 rings (SSSR count). The molecule has 3 aliphatic rings. The first-order valence-corrected chi connectivity index (χ1v) is 8.80.